The average Bonchev–Trinajstić information content (AvgIpc) is 2.90. The molecule has 5 unspecified atom stereocenters. The van der Waals surface area contributed by atoms with Crippen molar-refractivity contribution in [1.82, 2.24) is 0 Å². The van der Waals surface area contributed by atoms with E-state index in [9.17, 15) is 5.11 Å². The van der Waals surface area contributed by atoms with Gasteiger partial charge in [0, 0.05) is 15.4 Å². The molecule has 1 heterocycles. The van der Waals surface area contributed by atoms with E-state index in [0.717, 1.165) is 0 Å². The lowest BCUT2D eigenvalue weighted by Gasteiger charge is -2.27. The summed E-state index contributed by atoms with van der Waals surface area (Å²) in [4.78, 5) is 0. The molecule has 5 atom stereocenters. The molecular weight excluding hydrogens is 299 g/mol. The van der Waals surface area contributed by atoms with Gasteiger partial charge in [-0.05, 0) is 25.2 Å². The van der Waals surface area contributed by atoms with Crippen LogP contribution in [0.2, 0.25) is 0 Å². The molecular formula is C17H29O4P. The van der Waals surface area contributed by atoms with Crippen LogP contribution in [0.25, 0.3) is 0 Å². The molecule has 1 aliphatic carbocycles. The number of aliphatic hydroxyl groups is 2. The summed E-state index contributed by atoms with van der Waals surface area (Å²) in [7, 11) is 2.39. The van der Waals surface area contributed by atoms with Crippen molar-refractivity contribution in [3.63, 3.8) is 0 Å². The Kier molecular flexibility index (Phi) is 8.05. The molecule has 126 valence electrons. The van der Waals surface area contributed by atoms with Crippen LogP contribution in [0.3, 0.4) is 0 Å². The lowest BCUT2D eigenvalue weighted by atomic mass is 9.84. The van der Waals surface area contributed by atoms with Crippen LogP contribution in [-0.4, -0.2) is 41.7 Å². The predicted molar refractivity (Wildman–Crippen MR) is 90.4 cm³/mol. The number of allylic oxidation sites excluding steroid dienone is 1. The van der Waals surface area contributed by atoms with Crippen LogP contribution in [0.15, 0.2) is 24.3 Å². The first-order valence-electron chi connectivity index (χ1n) is 8.35. The predicted octanol–water partition coefficient (Wildman–Crippen LogP) is 2.61. The monoisotopic (exact) mass is 328 g/mol. The number of hydrogen-bond donors (Lipinski definition) is 2. The van der Waals surface area contributed by atoms with E-state index >= 15 is 0 Å². The molecule has 22 heavy (non-hydrogen) atoms. The Morgan fingerprint density at radius 1 is 1.23 bits per heavy atom. The molecule has 0 bridgehead atoms. The molecule has 2 N–H and O–H groups in total. The van der Waals surface area contributed by atoms with Crippen LogP contribution >= 0.6 is 9.47 Å². The van der Waals surface area contributed by atoms with Crippen molar-refractivity contribution in [3.8, 4) is 0 Å². The summed E-state index contributed by atoms with van der Waals surface area (Å²) in [5, 5.41) is 18.9. The average molecular weight is 328 g/mol. The minimum atomic E-state index is -0.442. The number of aliphatic hydroxyl groups excluding tert-OH is 2. The van der Waals surface area contributed by atoms with E-state index in [0.29, 0.717) is 18.9 Å². The second kappa shape index (κ2) is 9.79. The van der Waals surface area contributed by atoms with Gasteiger partial charge in [-0.2, -0.15) is 0 Å². The summed E-state index contributed by atoms with van der Waals surface area (Å²) in [5.41, 5.74) is 0. The largest absolute Gasteiger partial charge is 0.392 e. The minimum Gasteiger partial charge on any atom is -0.392 e. The highest BCUT2D eigenvalue weighted by molar-refractivity contribution is 7.09. The van der Waals surface area contributed by atoms with Gasteiger partial charge in [0.2, 0.25) is 0 Å². The Bertz CT molecular complexity index is 366. The summed E-state index contributed by atoms with van der Waals surface area (Å²) in [6, 6.07) is 0. The highest BCUT2D eigenvalue weighted by Crippen LogP contribution is 2.31. The smallest absolute Gasteiger partial charge is 0.0832 e. The van der Waals surface area contributed by atoms with Gasteiger partial charge in [-0.1, -0.05) is 43.6 Å². The molecule has 5 heteroatoms. The molecule has 2 fully saturated rings. The van der Waals surface area contributed by atoms with E-state index in [-0.39, 0.29) is 24.7 Å². The molecule has 4 nitrogen and oxygen atoms in total. The standard InChI is InChI=1S/C17H29O4P/c18-11-5-4-8-14-15(19)12-20-17(14)10-9-16(21-22)13-6-2-1-3-7-13/h4-5,9-10,13-19H,1-3,6-8,11-12,22H2/b5-4+,10-9+. The van der Waals surface area contributed by atoms with Crippen LogP contribution in [0.5, 0.6) is 0 Å². The zero-order chi connectivity index (χ0) is 15.8. The van der Waals surface area contributed by atoms with Gasteiger partial charge in [0.15, 0.2) is 0 Å². The van der Waals surface area contributed by atoms with Crippen LogP contribution < -0.4 is 0 Å². The van der Waals surface area contributed by atoms with Gasteiger partial charge in [-0.15, -0.1) is 0 Å². The summed E-state index contributed by atoms with van der Waals surface area (Å²) in [6.07, 6.45) is 14.4. The first-order valence-corrected chi connectivity index (χ1v) is 8.82. The van der Waals surface area contributed by atoms with Crippen molar-refractivity contribution in [1.29, 1.82) is 0 Å². The normalized spacial score (nSPS) is 32.2. The fraction of sp³-hybridized carbons (Fsp3) is 0.765. The SMILES string of the molecule is OC/C=C/CC1C(O)COC1/C=C/C(OP)C1CCCCC1. The summed E-state index contributed by atoms with van der Waals surface area (Å²) in [6.45, 7) is 0.414. The van der Waals surface area contributed by atoms with Crippen LogP contribution in [0, 0.1) is 11.8 Å². The van der Waals surface area contributed by atoms with Gasteiger partial charge in [0.1, 0.15) is 0 Å². The van der Waals surface area contributed by atoms with Crippen LogP contribution in [0.4, 0.5) is 0 Å². The lowest BCUT2D eigenvalue weighted by molar-refractivity contribution is 0.106. The van der Waals surface area contributed by atoms with Crippen LogP contribution in [0.1, 0.15) is 38.5 Å². The van der Waals surface area contributed by atoms with Gasteiger partial charge in [-0.25, -0.2) is 0 Å². The Hall–Kier alpha value is -0.250. The zero-order valence-corrected chi connectivity index (χ0v) is 14.3. The van der Waals surface area contributed by atoms with E-state index in [1.54, 1.807) is 6.08 Å². The Labute approximate surface area is 135 Å². The minimum absolute atomic E-state index is 0.0365. The molecule has 2 aliphatic rings. The summed E-state index contributed by atoms with van der Waals surface area (Å²) in [5.74, 6) is 0.636. The maximum absolute atomic E-state index is 10.0. The third-order valence-corrected chi connectivity index (χ3v) is 5.13. The van der Waals surface area contributed by atoms with Gasteiger partial charge < -0.3 is 19.5 Å². The summed E-state index contributed by atoms with van der Waals surface area (Å²) >= 11 is 0. The van der Waals surface area contributed by atoms with Crippen molar-refractivity contribution in [2.75, 3.05) is 13.2 Å². The van der Waals surface area contributed by atoms with Gasteiger partial charge in [0.05, 0.1) is 31.5 Å². The summed E-state index contributed by atoms with van der Waals surface area (Å²) < 4.78 is 11.3. The Morgan fingerprint density at radius 3 is 2.68 bits per heavy atom. The molecule has 1 saturated carbocycles. The van der Waals surface area contributed by atoms with Gasteiger partial charge in [-0.3, -0.25) is 0 Å². The van der Waals surface area contributed by atoms with Crippen molar-refractivity contribution in [3.05, 3.63) is 24.3 Å². The Morgan fingerprint density at radius 2 is 2.00 bits per heavy atom. The highest BCUT2D eigenvalue weighted by Gasteiger charge is 2.34. The maximum atomic E-state index is 10.0. The molecule has 0 radical (unpaired) electrons. The molecule has 1 aliphatic heterocycles. The second-order valence-corrected chi connectivity index (χ2v) is 6.57. The quantitative estimate of drug-likeness (QED) is 0.557. The third-order valence-electron chi connectivity index (χ3n) is 4.82. The van der Waals surface area contributed by atoms with Crippen molar-refractivity contribution in [2.45, 2.75) is 56.8 Å². The zero-order valence-electron chi connectivity index (χ0n) is 13.1. The topological polar surface area (TPSA) is 58.9 Å². The first kappa shape index (κ1) is 18.1. The number of rotatable bonds is 7. The number of ether oxygens (including phenoxy) is 1. The lowest BCUT2D eigenvalue weighted by Crippen LogP contribution is -2.24. The molecule has 0 aromatic carbocycles. The third kappa shape index (κ3) is 5.14. The molecule has 1 saturated heterocycles. The van der Waals surface area contributed by atoms with Crippen molar-refractivity contribution >= 4 is 9.47 Å². The van der Waals surface area contributed by atoms with E-state index in [2.05, 4.69) is 21.6 Å². The fourth-order valence-electron chi connectivity index (χ4n) is 3.49. The van der Waals surface area contributed by atoms with E-state index in [1.165, 1.54) is 32.1 Å². The van der Waals surface area contributed by atoms with E-state index in [4.69, 9.17) is 14.4 Å². The fourth-order valence-corrected chi connectivity index (χ4v) is 3.80. The Balaban J connectivity index is 1.92. The van der Waals surface area contributed by atoms with Gasteiger partial charge in [0.25, 0.3) is 0 Å². The van der Waals surface area contributed by atoms with Crippen molar-refractivity contribution in [2.24, 2.45) is 11.8 Å². The molecule has 0 spiro atoms. The first-order chi connectivity index (χ1) is 10.8. The molecule has 0 amide bonds. The van der Waals surface area contributed by atoms with Crippen molar-refractivity contribution < 1.29 is 19.5 Å². The highest BCUT2D eigenvalue weighted by atomic mass is 31.0. The molecule has 2 rings (SSSR count). The van der Waals surface area contributed by atoms with E-state index < -0.39 is 6.10 Å². The second-order valence-electron chi connectivity index (χ2n) is 6.30. The van der Waals surface area contributed by atoms with Crippen LogP contribution in [-0.2, 0) is 9.26 Å². The van der Waals surface area contributed by atoms with E-state index in [1.807, 2.05) is 6.08 Å². The number of hydrogen-bond acceptors (Lipinski definition) is 4. The molecule has 0 aromatic rings. The molecule has 0 aromatic heterocycles. The van der Waals surface area contributed by atoms with Gasteiger partial charge >= 0.3 is 0 Å². The maximum Gasteiger partial charge on any atom is 0.0832 e.